The molecule has 0 aliphatic carbocycles. The van der Waals surface area contributed by atoms with Gasteiger partial charge in [-0.25, -0.2) is 18.0 Å². The molecule has 1 aromatic heterocycles. The lowest BCUT2D eigenvalue weighted by atomic mass is 9.86. The van der Waals surface area contributed by atoms with E-state index in [1.165, 1.54) is 28.6 Å². The zero-order valence-electron chi connectivity index (χ0n) is 37.7. The fourth-order valence-corrected chi connectivity index (χ4v) is 10.4. The van der Waals surface area contributed by atoms with Gasteiger partial charge < -0.3 is 40.0 Å². The number of aromatic amines is 1. The first kappa shape index (κ1) is 47.9. The van der Waals surface area contributed by atoms with Gasteiger partial charge in [0, 0.05) is 37.6 Å². The van der Waals surface area contributed by atoms with Crippen molar-refractivity contribution in [2.24, 2.45) is 5.92 Å². The van der Waals surface area contributed by atoms with Crippen molar-refractivity contribution in [3.05, 3.63) is 172 Å². The van der Waals surface area contributed by atoms with Crippen LogP contribution >= 0.6 is 0 Å². The molecule has 0 radical (unpaired) electrons. The number of fused-ring (bicyclic) bond motifs is 4. The molecule has 356 valence electrons. The molecule has 0 spiro atoms. The van der Waals surface area contributed by atoms with Gasteiger partial charge in [0.05, 0.1) is 34.7 Å². The number of aliphatic hydroxyl groups is 1. The Morgan fingerprint density at radius 2 is 1.56 bits per heavy atom. The number of phenolic OH excluding ortho intramolecular Hbond substituents is 1. The summed E-state index contributed by atoms with van der Waals surface area (Å²) in [4.78, 5) is 43.2. The summed E-state index contributed by atoms with van der Waals surface area (Å²) in [6, 6.07) is 37.8. The Balaban J connectivity index is 0.808. The molecule has 3 fully saturated rings. The van der Waals surface area contributed by atoms with Gasteiger partial charge in [-0.15, -0.1) is 0 Å². The zero-order chi connectivity index (χ0) is 47.5. The number of H-pyrrole nitrogens is 1. The zero-order valence-corrected chi connectivity index (χ0v) is 38.5. The van der Waals surface area contributed by atoms with E-state index in [-0.39, 0.29) is 67.1 Å². The first-order valence-corrected chi connectivity index (χ1v) is 24.5. The number of piperidine rings is 3. The largest absolute Gasteiger partial charge is 0.506 e. The smallest absolute Gasteiger partial charge is 0.408 e. The Bertz CT molecular complexity index is 2800. The number of benzene rings is 5. The summed E-state index contributed by atoms with van der Waals surface area (Å²) >= 11 is 0. The second-order valence-corrected chi connectivity index (χ2v) is 19.1. The SMILES string of the molecule is O=C(NC(c1ccccc1)c1cccc(OCc2ccc(C(=O)OCCCN(CCCNC[C@H](O)c3ccc(O)c4[nH]c(=O)ccc34)S(=O)(=O)c3ccccc3)cc2)c1)O[C@H]1CN2CCC1CC2. The highest BCUT2D eigenvalue weighted by Crippen LogP contribution is 2.32. The number of aromatic nitrogens is 1. The van der Waals surface area contributed by atoms with Gasteiger partial charge in [0.15, 0.2) is 0 Å². The number of hydrogen-bond acceptors (Lipinski definition) is 12. The van der Waals surface area contributed by atoms with Crippen LogP contribution in [0.3, 0.4) is 0 Å². The van der Waals surface area contributed by atoms with Crippen LogP contribution in [-0.4, -0.2) is 103 Å². The van der Waals surface area contributed by atoms with Crippen molar-refractivity contribution < 1.29 is 42.4 Å². The summed E-state index contributed by atoms with van der Waals surface area (Å²) in [7, 11) is -3.87. The minimum absolute atomic E-state index is 0.00655. The minimum Gasteiger partial charge on any atom is -0.506 e. The molecule has 5 N–H and O–H groups in total. The third kappa shape index (κ3) is 12.1. The predicted octanol–water partition coefficient (Wildman–Crippen LogP) is 6.67. The van der Waals surface area contributed by atoms with Crippen molar-refractivity contribution in [3.63, 3.8) is 0 Å². The van der Waals surface area contributed by atoms with Gasteiger partial charge in [-0.1, -0.05) is 78.9 Å². The molecule has 3 saturated heterocycles. The average Bonchev–Trinajstić information content (AvgIpc) is 3.36. The molecule has 1 unspecified atom stereocenters. The van der Waals surface area contributed by atoms with Gasteiger partial charge in [-0.3, -0.25) is 9.69 Å². The average molecular weight is 944 g/mol. The molecule has 0 saturated carbocycles. The Morgan fingerprint density at radius 1 is 0.838 bits per heavy atom. The Labute approximate surface area is 395 Å². The summed E-state index contributed by atoms with van der Waals surface area (Å²) < 4.78 is 46.5. The predicted molar refractivity (Wildman–Crippen MR) is 257 cm³/mol. The fourth-order valence-electron chi connectivity index (χ4n) is 8.89. The molecule has 2 bridgehead atoms. The number of carbonyl (C=O) groups is 2. The maximum absolute atomic E-state index is 13.7. The van der Waals surface area contributed by atoms with Gasteiger partial charge in [-0.2, -0.15) is 4.31 Å². The summed E-state index contributed by atoms with van der Waals surface area (Å²) in [6.07, 6.45) is 1.25. The van der Waals surface area contributed by atoms with E-state index in [0.29, 0.717) is 41.1 Å². The van der Waals surface area contributed by atoms with Crippen LogP contribution in [0.25, 0.3) is 10.9 Å². The first-order chi connectivity index (χ1) is 33.0. The van der Waals surface area contributed by atoms with Gasteiger partial charge in [0.2, 0.25) is 15.6 Å². The van der Waals surface area contributed by atoms with Crippen molar-refractivity contribution in [1.29, 1.82) is 0 Å². The second-order valence-electron chi connectivity index (χ2n) is 17.2. The number of aromatic hydroxyl groups is 1. The number of sulfonamides is 1. The first-order valence-electron chi connectivity index (χ1n) is 23.0. The van der Waals surface area contributed by atoms with Crippen LogP contribution in [0.4, 0.5) is 4.79 Å². The van der Waals surface area contributed by atoms with Crippen LogP contribution < -0.4 is 20.9 Å². The lowest BCUT2D eigenvalue weighted by Gasteiger charge is -2.43. The van der Waals surface area contributed by atoms with E-state index in [0.717, 1.165) is 49.2 Å². The van der Waals surface area contributed by atoms with Gasteiger partial charge in [0.1, 0.15) is 24.2 Å². The Hall–Kier alpha value is -6.56. The standard InChI is InChI=1S/C52H57N5O10S/c58-45-22-20-43(44-21-23-48(60)54-50(44)45)46(59)33-53-26-8-27-57(68(63,64)42-14-5-2-6-15-42)28-9-31-65-51(61)39-18-16-36(17-19-39)35-66-41-13-7-12-40(32-41)49(38-10-3-1-4-11-38)55-52(62)67-47-34-56-29-24-37(47)25-30-56/h1-7,10-23,32,37,46-47,49,53,58-59H,8-9,24-31,33-35H2,(H,54,60)(H,55,62)/t46-,47-,49?/m0/s1. The molecular formula is C52H57N5O10S. The number of aliphatic hydroxyl groups excluding tert-OH is 1. The number of ether oxygens (including phenoxy) is 3. The number of nitrogens with one attached hydrogen (secondary N) is 3. The highest BCUT2D eigenvalue weighted by Gasteiger charge is 2.37. The number of esters is 1. The highest BCUT2D eigenvalue weighted by atomic mass is 32.2. The molecule has 5 aromatic carbocycles. The molecule has 1 amide bonds. The van der Waals surface area contributed by atoms with Crippen LogP contribution in [0.5, 0.6) is 11.5 Å². The monoisotopic (exact) mass is 943 g/mol. The third-order valence-corrected chi connectivity index (χ3v) is 14.5. The molecule has 3 aliphatic heterocycles. The molecule has 15 nitrogen and oxygen atoms in total. The van der Waals surface area contributed by atoms with Crippen molar-refractivity contribution >= 4 is 33.0 Å². The van der Waals surface area contributed by atoms with Crippen LogP contribution in [0, 0.1) is 5.92 Å². The number of alkyl carbamates (subject to hydrolysis) is 1. The van der Waals surface area contributed by atoms with E-state index in [1.54, 1.807) is 54.6 Å². The molecule has 68 heavy (non-hydrogen) atoms. The van der Waals surface area contributed by atoms with Crippen molar-refractivity contribution in [2.75, 3.05) is 52.4 Å². The normalized spacial score (nSPS) is 17.6. The quantitative estimate of drug-likeness (QED) is 0.0380. The number of carbonyl (C=O) groups excluding carboxylic acids is 2. The highest BCUT2D eigenvalue weighted by molar-refractivity contribution is 7.89. The van der Waals surface area contributed by atoms with Crippen molar-refractivity contribution in [1.82, 2.24) is 24.8 Å². The van der Waals surface area contributed by atoms with E-state index < -0.39 is 34.2 Å². The van der Waals surface area contributed by atoms with E-state index >= 15 is 0 Å². The Kier molecular flexibility index (Phi) is 15.8. The fraction of sp³-hybridized carbons (Fsp3) is 0.327. The maximum Gasteiger partial charge on any atom is 0.408 e. The summed E-state index contributed by atoms with van der Waals surface area (Å²) in [5.74, 6) is 0.366. The lowest BCUT2D eigenvalue weighted by molar-refractivity contribution is -0.0336. The molecular weight excluding hydrogens is 887 g/mol. The topological polar surface area (TPSA) is 200 Å². The molecule has 9 rings (SSSR count). The van der Waals surface area contributed by atoms with E-state index in [2.05, 4.69) is 20.5 Å². The van der Waals surface area contributed by atoms with E-state index in [9.17, 15) is 33.0 Å². The van der Waals surface area contributed by atoms with Crippen LogP contribution in [0.2, 0.25) is 0 Å². The Morgan fingerprint density at radius 3 is 2.29 bits per heavy atom. The van der Waals surface area contributed by atoms with Gasteiger partial charge in [-0.05, 0) is 122 Å². The molecule has 4 heterocycles. The van der Waals surface area contributed by atoms with E-state index in [4.69, 9.17) is 14.2 Å². The second kappa shape index (κ2) is 22.5. The minimum atomic E-state index is -3.87. The number of amides is 1. The van der Waals surface area contributed by atoms with Gasteiger partial charge >= 0.3 is 12.1 Å². The molecule has 3 atom stereocenters. The summed E-state index contributed by atoms with van der Waals surface area (Å²) in [5.41, 5.74) is 3.30. The number of phenols is 1. The molecule has 16 heteroatoms. The van der Waals surface area contributed by atoms with Crippen molar-refractivity contribution in [3.8, 4) is 11.5 Å². The molecule has 6 aromatic rings. The lowest BCUT2D eigenvalue weighted by Crippen LogP contribution is -2.52. The number of hydrogen-bond donors (Lipinski definition) is 5. The maximum atomic E-state index is 13.7. The van der Waals surface area contributed by atoms with Crippen molar-refractivity contribution in [2.45, 2.75) is 55.4 Å². The van der Waals surface area contributed by atoms with Crippen LogP contribution in [0.1, 0.15) is 70.4 Å². The number of rotatable bonds is 21. The van der Waals surface area contributed by atoms with Crippen LogP contribution in [0.15, 0.2) is 143 Å². The van der Waals surface area contributed by atoms with E-state index in [1.807, 2.05) is 54.6 Å². The molecule has 3 aliphatic rings. The summed E-state index contributed by atoms with van der Waals surface area (Å²) in [5, 5.41) is 27.9. The number of pyridine rings is 1. The van der Waals surface area contributed by atoms with Gasteiger partial charge in [0.25, 0.3) is 0 Å². The third-order valence-electron chi connectivity index (χ3n) is 12.6. The van der Waals surface area contributed by atoms with Crippen LogP contribution in [-0.2, 0) is 26.1 Å². The number of nitrogens with zero attached hydrogens (tertiary/aromatic N) is 2. The summed E-state index contributed by atoms with van der Waals surface area (Å²) in [6.45, 7) is 3.92.